The van der Waals surface area contributed by atoms with Crippen molar-refractivity contribution in [1.82, 2.24) is 29.3 Å². The third-order valence-electron chi connectivity index (χ3n) is 4.61. The van der Waals surface area contributed by atoms with E-state index in [2.05, 4.69) is 46.4 Å². The summed E-state index contributed by atoms with van der Waals surface area (Å²) < 4.78 is 3.80. The first kappa shape index (κ1) is 18.0. The van der Waals surface area contributed by atoms with E-state index in [4.69, 9.17) is 10.7 Å². The molecule has 0 radical (unpaired) electrons. The van der Waals surface area contributed by atoms with Crippen LogP contribution >= 0.6 is 0 Å². The highest BCUT2D eigenvalue weighted by molar-refractivity contribution is 5.84. The van der Waals surface area contributed by atoms with Gasteiger partial charge in [-0.25, -0.2) is 9.67 Å². The number of nitrogens with one attached hydrogen (secondary N) is 1. The summed E-state index contributed by atoms with van der Waals surface area (Å²) in [6.45, 7) is 6.94. The van der Waals surface area contributed by atoms with E-state index in [1.165, 1.54) is 0 Å². The molecule has 8 nitrogen and oxygen atoms in total. The molecule has 28 heavy (non-hydrogen) atoms. The highest BCUT2D eigenvalue weighted by Gasteiger charge is 2.19. The van der Waals surface area contributed by atoms with Crippen LogP contribution in [0, 0.1) is 6.92 Å². The number of rotatable bonds is 6. The first-order valence-corrected chi connectivity index (χ1v) is 9.43. The number of fused-ring (bicyclic) bond motifs is 1. The molecule has 8 heteroatoms. The number of hydrogen-bond acceptors (Lipinski definition) is 6. The number of aryl methyl sites for hydroxylation is 2. The van der Waals surface area contributed by atoms with Crippen LogP contribution in [-0.2, 0) is 6.54 Å². The van der Waals surface area contributed by atoms with Crippen molar-refractivity contribution in [2.24, 2.45) is 0 Å². The van der Waals surface area contributed by atoms with Gasteiger partial charge in [-0.05, 0) is 31.4 Å². The van der Waals surface area contributed by atoms with Crippen molar-refractivity contribution in [3.8, 4) is 5.95 Å². The maximum atomic E-state index is 6.24. The zero-order valence-electron chi connectivity index (χ0n) is 16.3. The fraction of sp³-hybridized carbons (Fsp3) is 0.300. The summed E-state index contributed by atoms with van der Waals surface area (Å²) in [6, 6.07) is 10.2. The van der Waals surface area contributed by atoms with Crippen LogP contribution in [0.1, 0.15) is 37.4 Å². The van der Waals surface area contributed by atoms with Gasteiger partial charge in [0.15, 0.2) is 17.0 Å². The van der Waals surface area contributed by atoms with E-state index in [9.17, 15) is 0 Å². The molecule has 144 valence electrons. The normalized spacial score (nSPS) is 12.4. The van der Waals surface area contributed by atoms with E-state index in [0.717, 1.165) is 24.1 Å². The van der Waals surface area contributed by atoms with Gasteiger partial charge in [-0.3, -0.25) is 4.57 Å². The quantitative estimate of drug-likeness (QED) is 0.534. The summed E-state index contributed by atoms with van der Waals surface area (Å²) >= 11 is 0. The molecular formula is C20H24N8. The van der Waals surface area contributed by atoms with Crippen molar-refractivity contribution in [3.63, 3.8) is 0 Å². The highest BCUT2D eigenvalue weighted by atomic mass is 15.4. The number of nitrogens with zero attached hydrogens (tertiary/aromatic N) is 6. The average Bonchev–Trinajstić information content (AvgIpc) is 3.27. The van der Waals surface area contributed by atoms with Gasteiger partial charge in [0.2, 0.25) is 11.9 Å². The number of hydrogen-bond donors (Lipinski definition) is 2. The predicted molar refractivity (Wildman–Crippen MR) is 110 cm³/mol. The molecule has 0 aliphatic carbocycles. The molecule has 0 saturated heterocycles. The third kappa shape index (κ3) is 3.28. The Bertz CT molecular complexity index is 1100. The highest BCUT2D eigenvalue weighted by Crippen LogP contribution is 2.25. The zero-order chi connectivity index (χ0) is 19.7. The lowest BCUT2D eigenvalue weighted by molar-refractivity contribution is 0.647. The lowest BCUT2D eigenvalue weighted by Gasteiger charge is -2.14. The van der Waals surface area contributed by atoms with Crippen LogP contribution in [0.4, 0.5) is 11.8 Å². The maximum Gasteiger partial charge on any atom is 0.233 e. The Labute approximate surface area is 163 Å². The van der Waals surface area contributed by atoms with Crippen molar-refractivity contribution in [2.75, 3.05) is 11.1 Å². The lowest BCUT2D eigenvalue weighted by atomic mass is 10.1. The zero-order valence-corrected chi connectivity index (χ0v) is 16.3. The Morgan fingerprint density at radius 2 is 1.93 bits per heavy atom. The molecule has 1 aromatic carbocycles. The van der Waals surface area contributed by atoms with Crippen LogP contribution in [0.15, 0.2) is 42.7 Å². The van der Waals surface area contributed by atoms with Crippen LogP contribution in [0.3, 0.4) is 0 Å². The molecule has 0 amide bonds. The van der Waals surface area contributed by atoms with E-state index >= 15 is 0 Å². The topological polar surface area (TPSA) is 99.5 Å². The second-order valence-corrected chi connectivity index (χ2v) is 6.91. The number of aromatic nitrogens is 6. The number of benzene rings is 1. The first-order chi connectivity index (χ1) is 13.6. The van der Waals surface area contributed by atoms with Crippen molar-refractivity contribution in [1.29, 1.82) is 0 Å². The van der Waals surface area contributed by atoms with Gasteiger partial charge in [-0.2, -0.15) is 15.1 Å². The van der Waals surface area contributed by atoms with E-state index in [-0.39, 0.29) is 6.04 Å². The van der Waals surface area contributed by atoms with Crippen LogP contribution in [0.25, 0.3) is 17.1 Å². The fourth-order valence-corrected chi connectivity index (χ4v) is 3.22. The summed E-state index contributed by atoms with van der Waals surface area (Å²) in [6.07, 6.45) is 4.68. The Morgan fingerprint density at radius 3 is 2.61 bits per heavy atom. The van der Waals surface area contributed by atoms with E-state index in [1.54, 1.807) is 10.9 Å². The molecule has 0 bridgehead atoms. The molecule has 0 aliphatic rings. The Morgan fingerprint density at radius 1 is 1.14 bits per heavy atom. The summed E-state index contributed by atoms with van der Waals surface area (Å²) in [4.78, 5) is 13.8. The van der Waals surface area contributed by atoms with Crippen LogP contribution in [0.2, 0.25) is 0 Å². The number of anilines is 2. The van der Waals surface area contributed by atoms with Crippen molar-refractivity contribution < 1.29 is 0 Å². The fourth-order valence-electron chi connectivity index (χ4n) is 3.22. The minimum atomic E-state index is 0.0498. The van der Waals surface area contributed by atoms with Gasteiger partial charge in [0.05, 0.1) is 12.2 Å². The third-order valence-corrected chi connectivity index (χ3v) is 4.61. The van der Waals surface area contributed by atoms with Gasteiger partial charge in [0.25, 0.3) is 0 Å². The average molecular weight is 376 g/mol. The molecule has 0 saturated carbocycles. The summed E-state index contributed by atoms with van der Waals surface area (Å²) in [5.74, 6) is 1.54. The van der Waals surface area contributed by atoms with Gasteiger partial charge in [0, 0.05) is 12.7 Å². The van der Waals surface area contributed by atoms with Gasteiger partial charge in [-0.15, -0.1) is 0 Å². The molecule has 4 rings (SSSR count). The van der Waals surface area contributed by atoms with Gasteiger partial charge in [0.1, 0.15) is 0 Å². The molecule has 0 unspecified atom stereocenters. The minimum absolute atomic E-state index is 0.0498. The molecular weight excluding hydrogens is 352 g/mol. The van der Waals surface area contributed by atoms with E-state index in [0.29, 0.717) is 28.9 Å². The Kier molecular flexibility index (Phi) is 4.68. The number of nitrogen functional groups attached to an aromatic ring is 1. The molecule has 3 aromatic heterocycles. The van der Waals surface area contributed by atoms with E-state index in [1.807, 2.05) is 35.9 Å². The number of nitrogens with two attached hydrogens (primary N) is 1. The van der Waals surface area contributed by atoms with Gasteiger partial charge < -0.3 is 11.1 Å². The molecule has 0 aliphatic heterocycles. The van der Waals surface area contributed by atoms with Crippen LogP contribution in [-0.4, -0.2) is 29.3 Å². The summed E-state index contributed by atoms with van der Waals surface area (Å²) in [5.41, 5.74) is 9.75. The summed E-state index contributed by atoms with van der Waals surface area (Å²) in [5, 5.41) is 7.74. The van der Waals surface area contributed by atoms with Crippen LogP contribution < -0.4 is 11.1 Å². The SMILES string of the molecule is CCCn1c(-n2cc(C)cn2)nc2c(N)nc(N[C@@H](C)c3ccccc3)nc21. The van der Waals surface area contributed by atoms with Gasteiger partial charge >= 0.3 is 0 Å². The number of imidazole rings is 1. The molecule has 0 spiro atoms. The Balaban J connectivity index is 1.77. The largest absolute Gasteiger partial charge is 0.382 e. The Hall–Kier alpha value is -3.42. The first-order valence-electron chi connectivity index (χ1n) is 9.43. The van der Waals surface area contributed by atoms with Crippen molar-refractivity contribution in [2.45, 2.75) is 39.8 Å². The van der Waals surface area contributed by atoms with Gasteiger partial charge in [-0.1, -0.05) is 37.3 Å². The lowest BCUT2D eigenvalue weighted by Crippen LogP contribution is -2.12. The molecule has 4 aromatic rings. The smallest absolute Gasteiger partial charge is 0.233 e. The second kappa shape index (κ2) is 7.30. The maximum absolute atomic E-state index is 6.24. The monoisotopic (exact) mass is 376 g/mol. The second-order valence-electron chi connectivity index (χ2n) is 6.91. The van der Waals surface area contributed by atoms with Crippen LogP contribution in [0.5, 0.6) is 0 Å². The van der Waals surface area contributed by atoms with Crippen molar-refractivity contribution >= 4 is 22.9 Å². The standard InChI is InChI=1S/C20H24N8/c1-4-10-27-18-16(24-20(27)28-12-13(2)11-22-28)17(21)25-19(26-18)23-14(3)15-8-6-5-7-9-15/h5-9,11-12,14H,4,10H2,1-3H3,(H3,21,23,25,26)/t14-/m0/s1. The van der Waals surface area contributed by atoms with Crippen molar-refractivity contribution in [3.05, 3.63) is 53.9 Å². The predicted octanol–water partition coefficient (Wildman–Crippen LogP) is 3.49. The molecule has 1 atom stereocenters. The van der Waals surface area contributed by atoms with E-state index < -0.39 is 0 Å². The molecule has 3 heterocycles. The molecule has 0 fully saturated rings. The molecule has 3 N–H and O–H groups in total. The minimum Gasteiger partial charge on any atom is -0.382 e. The summed E-state index contributed by atoms with van der Waals surface area (Å²) in [7, 11) is 0.